The molecule has 0 aliphatic carbocycles. The van der Waals surface area contributed by atoms with Crippen molar-refractivity contribution in [1.82, 2.24) is 0 Å². The van der Waals surface area contributed by atoms with Crippen LogP contribution in [0.3, 0.4) is 0 Å². The third-order valence-corrected chi connectivity index (χ3v) is 2.99. The van der Waals surface area contributed by atoms with Crippen LogP contribution >= 0.6 is 0 Å². The summed E-state index contributed by atoms with van der Waals surface area (Å²) >= 11 is 0. The second-order valence-corrected chi connectivity index (χ2v) is 4.37. The fourth-order valence-electron chi connectivity index (χ4n) is 1.88. The quantitative estimate of drug-likeness (QED) is 0.888. The van der Waals surface area contributed by atoms with Gasteiger partial charge < -0.3 is 10.1 Å². The Morgan fingerprint density at radius 1 is 1.44 bits per heavy atom. The van der Waals surface area contributed by atoms with Crippen molar-refractivity contribution in [3.05, 3.63) is 23.8 Å². The maximum absolute atomic E-state index is 11.4. The molecule has 96 valence electrons. The number of hydrogen-bond acceptors (Lipinski definition) is 3. The lowest BCUT2D eigenvalue weighted by molar-refractivity contribution is -0.119. The summed E-state index contributed by atoms with van der Waals surface area (Å²) in [7, 11) is 0. The Hall–Kier alpha value is -1.84. The molecule has 0 unspecified atom stereocenters. The van der Waals surface area contributed by atoms with Crippen LogP contribution in [0.1, 0.15) is 31.7 Å². The maximum Gasteiger partial charge on any atom is 0.227 e. The van der Waals surface area contributed by atoms with Gasteiger partial charge in [0.15, 0.2) is 0 Å². The van der Waals surface area contributed by atoms with Gasteiger partial charge >= 0.3 is 0 Å². The number of carbonyl (C=O) groups is 2. The molecule has 0 saturated carbocycles. The largest absolute Gasteiger partial charge is 0.491 e. The average Bonchev–Trinajstić information content (AvgIpc) is 2.55. The van der Waals surface area contributed by atoms with Crippen LogP contribution in [0.15, 0.2) is 18.2 Å². The standard InChI is InChI=1S/C14H17NO3/c1-2-11(16)5-3-10-4-6-13-12(9-10)15-14(17)7-8-18-13/h4,6,9H,2-3,5,7-8H2,1H3,(H,15,17). The first kappa shape index (κ1) is 12.6. The zero-order chi connectivity index (χ0) is 13.0. The molecule has 0 spiro atoms. The molecule has 1 amide bonds. The predicted molar refractivity (Wildman–Crippen MR) is 68.8 cm³/mol. The van der Waals surface area contributed by atoms with Crippen LogP contribution < -0.4 is 10.1 Å². The van der Waals surface area contributed by atoms with Gasteiger partial charge in [0.2, 0.25) is 5.91 Å². The van der Waals surface area contributed by atoms with Crippen LogP contribution in [0.25, 0.3) is 0 Å². The third-order valence-electron chi connectivity index (χ3n) is 2.99. The number of hydrogen-bond donors (Lipinski definition) is 1. The number of carbonyl (C=O) groups excluding carboxylic acids is 2. The predicted octanol–water partition coefficient (Wildman–Crippen LogP) is 2.32. The second kappa shape index (κ2) is 5.67. The molecule has 0 saturated heterocycles. The zero-order valence-corrected chi connectivity index (χ0v) is 10.5. The van der Waals surface area contributed by atoms with E-state index >= 15 is 0 Å². The number of ether oxygens (including phenoxy) is 1. The fraction of sp³-hybridized carbons (Fsp3) is 0.429. The Morgan fingerprint density at radius 3 is 3.06 bits per heavy atom. The van der Waals surface area contributed by atoms with Gasteiger partial charge in [-0.05, 0) is 24.1 Å². The lowest BCUT2D eigenvalue weighted by Crippen LogP contribution is -2.10. The van der Waals surface area contributed by atoms with Crippen molar-refractivity contribution in [2.75, 3.05) is 11.9 Å². The van der Waals surface area contributed by atoms with Gasteiger partial charge in [-0.15, -0.1) is 0 Å². The van der Waals surface area contributed by atoms with Crippen LogP contribution in [0.5, 0.6) is 5.75 Å². The summed E-state index contributed by atoms with van der Waals surface area (Å²) in [5, 5.41) is 2.82. The van der Waals surface area contributed by atoms with Gasteiger partial charge in [0.1, 0.15) is 11.5 Å². The highest BCUT2D eigenvalue weighted by atomic mass is 16.5. The van der Waals surface area contributed by atoms with Gasteiger partial charge in [-0.1, -0.05) is 13.0 Å². The highest BCUT2D eigenvalue weighted by Gasteiger charge is 2.14. The number of rotatable bonds is 4. The number of benzene rings is 1. The monoisotopic (exact) mass is 247 g/mol. The van der Waals surface area contributed by atoms with Crippen molar-refractivity contribution in [3.63, 3.8) is 0 Å². The number of aryl methyl sites for hydroxylation is 1. The number of anilines is 1. The molecular formula is C14H17NO3. The van der Waals surface area contributed by atoms with Gasteiger partial charge in [0, 0.05) is 12.8 Å². The van der Waals surface area contributed by atoms with E-state index in [9.17, 15) is 9.59 Å². The van der Waals surface area contributed by atoms with E-state index in [2.05, 4.69) is 5.32 Å². The molecule has 0 aromatic heterocycles. The van der Waals surface area contributed by atoms with Crippen LogP contribution in [-0.2, 0) is 16.0 Å². The second-order valence-electron chi connectivity index (χ2n) is 4.37. The molecule has 1 aromatic rings. The molecular weight excluding hydrogens is 230 g/mol. The molecule has 1 heterocycles. The Balaban J connectivity index is 2.10. The fourth-order valence-corrected chi connectivity index (χ4v) is 1.88. The molecule has 2 rings (SSSR count). The van der Waals surface area contributed by atoms with Gasteiger partial charge in [-0.25, -0.2) is 0 Å². The minimum absolute atomic E-state index is 0.0319. The Morgan fingerprint density at radius 2 is 2.28 bits per heavy atom. The van der Waals surface area contributed by atoms with Crippen molar-refractivity contribution in [1.29, 1.82) is 0 Å². The summed E-state index contributed by atoms with van der Waals surface area (Å²) in [4.78, 5) is 22.7. The molecule has 18 heavy (non-hydrogen) atoms. The summed E-state index contributed by atoms with van der Waals surface area (Å²) in [5.74, 6) is 0.923. The van der Waals surface area contributed by atoms with Gasteiger partial charge in [0.25, 0.3) is 0 Å². The SMILES string of the molecule is CCC(=O)CCc1ccc2c(c1)NC(=O)CCO2. The van der Waals surface area contributed by atoms with Crippen molar-refractivity contribution in [2.45, 2.75) is 32.6 Å². The van der Waals surface area contributed by atoms with E-state index in [1.165, 1.54) is 0 Å². The molecule has 1 aliphatic heterocycles. The number of ketones is 1. The minimum Gasteiger partial charge on any atom is -0.491 e. The lowest BCUT2D eigenvalue weighted by Gasteiger charge is -2.09. The molecule has 4 heteroatoms. The molecule has 0 fully saturated rings. The Bertz CT molecular complexity index is 468. The highest BCUT2D eigenvalue weighted by Crippen LogP contribution is 2.28. The Kier molecular flexibility index (Phi) is 3.97. The first-order valence-electron chi connectivity index (χ1n) is 6.26. The Labute approximate surface area is 106 Å². The van der Waals surface area contributed by atoms with Crippen molar-refractivity contribution in [2.24, 2.45) is 0 Å². The molecule has 1 aromatic carbocycles. The van der Waals surface area contributed by atoms with E-state index in [4.69, 9.17) is 4.74 Å². The summed E-state index contributed by atoms with van der Waals surface area (Å²) in [6, 6.07) is 5.69. The van der Waals surface area contributed by atoms with Gasteiger partial charge in [-0.3, -0.25) is 9.59 Å². The summed E-state index contributed by atoms with van der Waals surface area (Å²) in [5.41, 5.74) is 1.75. The van der Waals surface area contributed by atoms with Crippen molar-refractivity contribution in [3.8, 4) is 5.75 Å². The maximum atomic E-state index is 11.4. The van der Waals surface area contributed by atoms with Crippen LogP contribution in [-0.4, -0.2) is 18.3 Å². The van der Waals surface area contributed by atoms with Crippen molar-refractivity contribution < 1.29 is 14.3 Å². The van der Waals surface area contributed by atoms with Crippen LogP contribution in [0, 0.1) is 0 Å². The highest BCUT2D eigenvalue weighted by molar-refractivity contribution is 5.93. The smallest absolute Gasteiger partial charge is 0.227 e. The van der Waals surface area contributed by atoms with Crippen LogP contribution in [0.2, 0.25) is 0 Å². The number of Topliss-reactive ketones (excluding diaryl/α,β-unsaturated/α-hetero) is 1. The topological polar surface area (TPSA) is 55.4 Å². The third kappa shape index (κ3) is 3.09. The van der Waals surface area contributed by atoms with Gasteiger partial charge in [0.05, 0.1) is 18.7 Å². The molecule has 0 atom stereocenters. The molecule has 0 bridgehead atoms. The summed E-state index contributed by atoms with van der Waals surface area (Å²) in [6.07, 6.45) is 2.20. The van der Waals surface area contributed by atoms with E-state index in [1.54, 1.807) is 0 Å². The van der Waals surface area contributed by atoms with E-state index in [0.29, 0.717) is 43.7 Å². The number of amides is 1. The van der Waals surface area contributed by atoms with Crippen LogP contribution in [0.4, 0.5) is 5.69 Å². The van der Waals surface area contributed by atoms with E-state index < -0.39 is 0 Å². The number of nitrogens with one attached hydrogen (secondary N) is 1. The minimum atomic E-state index is -0.0319. The zero-order valence-electron chi connectivity index (χ0n) is 10.5. The molecule has 1 N–H and O–H groups in total. The molecule has 0 radical (unpaired) electrons. The van der Waals surface area contributed by atoms with E-state index in [-0.39, 0.29) is 11.7 Å². The lowest BCUT2D eigenvalue weighted by atomic mass is 10.1. The first-order chi connectivity index (χ1) is 8.69. The summed E-state index contributed by atoms with van der Waals surface area (Å²) in [6.45, 7) is 2.28. The van der Waals surface area contributed by atoms with Gasteiger partial charge in [-0.2, -0.15) is 0 Å². The summed E-state index contributed by atoms with van der Waals surface area (Å²) < 4.78 is 5.47. The van der Waals surface area contributed by atoms with Crippen molar-refractivity contribution >= 4 is 17.4 Å². The van der Waals surface area contributed by atoms with E-state index in [1.807, 2.05) is 25.1 Å². The number of fused-ring (bicyclic) bond motifs is 1. The van der Waals surface area contributed by atoms with E-state index in [0.717, 1.165) is 5.56 Å². The molecule has 4 nitrogen and oxygen atoms in total. The first-order valence-corrected chi connectivity index (χ1v) is 6.26. The average molecular weight is 247 g/mol. The molecule has 1 aliphatic rings. The normalized spacial score (nSPS) is 14.2.